The van der Waals surface area contributed by atoms with Gasteiger partial charge in [0.2, 0.25) is 5.91 Å². The highest BCUT2D eigenvalue weighted by molar-refractivity contribution is 5.95. The molecule has 5 heteroatoms. The fraction of sp³-hybridized carbons (Fsp3) is 0.316. The Morgan fingerprint density at radius 3 is 2.75 bits per heavy atom. The standard InChI is InChI=1S/C19H21NO4/c1-23-15-7-8-16-17(13-15)20(11-9-18(16)21)19(22)10-12-24-14-5-3-2-4-6-14/h2-8,13,18,21H,9-12H2,1H3. The number of fused-ring (bicyclic) bond motifs is 1. The summed E-state index contributed by atoms with van der Waals surface area (Å²) in [5.41, 5.74) is 1.48. The van der Waals surface area contributed by atoms with Crippen molar-refractivity contribution in [3.05, 3.63) is 54.1 Å². The number of aliphatic hydroxyl groups excluding tert-OH is 1. The second kappa shape index (κ2) is 7.36. The number of ether oxygens (including phenoxy) is 2. The minimum absolute atomic E-state index is 0.0210. The van der Waals surface area contributed by atoms with E-state index < -0.39 is 6.10 Å². The number of hydrogen-bond acceptors (Lipinski definition) is 4. The van der Waals surface area contributed by atoms with Gasteiger partial charge < -0.3 is 19.5 Å². The molecular weight excluding hydrogens is 306 g/mol. The van der Waals surface area contributed by atoms with Crippen LogP contribution in [-0.4, -0.2) is 31.3 Å². The van der Waals surface area contributed by atoms with Gasteiger partial charge in [0, 0.05) is 18.2 Å². The molecule has 1 atom stereocenters. The predicted molar refractivity (Wildman–Crippen MR) is 91.5 cm³/mol. The molecule has 1 N–H and O–H groups in total. The minimum atomic E-state index is -0.546. The van der Waals surface area contributed by atoms with Gasteiger partial charge >= 0.3 is 0 Å². The van der Waals surface area contributed by atoms with Crippen molar-refractivity contribution in [3.63, 3.8) is 0 Å². The van der Waals surface area contributed by atoms with Crippen molar-refractivity contribution >= 4 is 11.6 Å². The first-order valence-corrected chi connectivity index (χ1v) is 8.03. The maximum Gasteiger partial charge on any atom is 0.230 e. The lowest BCUT2D eigenvalue weighted by Gasteiger charge is -2.32. The first-order chi connectivity index (χ1) is 11.7. The summed E-state index contributed by atoms with van der Waals surface area (Å²) < 4.78 is 10.8. The molecule has 0 saturated carbocycles. The highest BCUT2D eigenvalue weighted by Gasteiger charge is 2.27. The summed E-state index contributed by atoms with van der Waals surface area (Å²) in [4.78, 5) is 14.3. The second-order valence-corrected chi connectivity index (χ2v) is 5.69. The molecule has 1 unspecified atom stereocenters. The van der Waals surface area contributed by atoms with Crippen LogP contribution >= 0.6 is 0 Å². The van der Waals surface area contributed by atoms with Crippen molar-refractivity contribution in [1.82, 2.24) is 0 Å². The van der Waals surface area contributed by atoms with Gasteiger partial charge in [0.1, 0.15) is 11.5 Å². The Morgan fingerprint density at radius 1 is 1.21 bits per heavy atom. The molecule has 24 heavy (non-hydrogen) atoms. The van der Waals surface area contributed by atoms with Crippen LogP contribution in [0.2, 0.25) is 0 Å². The summed E-state index contributed by atoms with van der Waals surface area (Å²) >= 11 is 0. The first-order valence-electron chi connectivity index (χ1n) is 8.03. The number of rotatable bonds is 5. The van der Waals surface area contributed by atoms with Crippen molar-refractivity contribution in [2.24, 2.45) is 0 Å². The van der Waals surface area contributed by atoms with Crippen molar-refractivity contribution in [2.75, 3.05) is 25.2 Å². The second-order valence-electron chi connectivity index (χ2n) is 5.69. The molecule has 1 heterocycles. The number of carbonyl (C=O) groups is 1. The van der Waals surface area contributed by atoms with Crippen LogP contribution in [0.5, 0.6) is 11.5 Å². The molecular formula is C19H21NO4. The highest BCUT2D eigenvalue weighted by atomic mass is 16.5. The van der Waals surface area contributed by atoms with Gasteiger partial charge in [-0.05, 0) is 24.6 Å². The number of anilines is 1. The molecule has 1 amide bonds. The van der Waals surface area contributed by atoms with Crippen LogP contribution in [0.3, 0.4) is 0 Å². The molecule has 3 rings (SSSR count). The number of amides is 1. The number of aliphatic hydroxyl groups is 1. The lowest BCUT2D eigenvalue weighted by Crippen LogP contribution is -2.37. The molecule has 0 saturated heterocycles. The first kappa shape index (κ1) is 16.3. The van der Waals surface area contributed by atoms with Crippen molar-refractivity contribution in [1.29, 1.82) is 0 Å². The monoisotopic (exact) mass is 327 g/mol. The number of para-hydroxylation sites is 1. The van der Waals surface area contributed by atoms with Gasteiger partial charge in [-0.3, -0.25) is 4.79 Å². The van der Waals surface area contributed by atoms with Crippen molar-refractivity contribution in [2.45, 2.75) is 18.9 Å². The Hall–Kier alpha value is -2.53. The van der Waals surface area contributed by atoms with Crippen LogP contribution in [0.1, 0.15) is 24.5 Å². The molecule has 2 aromatic carbocycles. The minimum Gasteiger partial charge on any atom is -0.497 e. The zero-order valence-corrected chi connectivity index (χ0v) is 13.6. The van der Waals surface area contributed by atoms with Gasteiger partial charge in [-0.25, -0.2) is 0 Å². The average Bonchev–Trinajstić information content (AvgIpc) is 2.62. The van der Waals surface area contributed by atoms with E-state index in [1.807, 2.05) is 36.4 Å². The third-order valence-electron chi connectivity index (χ3n) is 4.14. The van der Waals surface area contributed by atoms with Crippen LogP contribution in [-0.2, 0) is 4.79 Å². The van der Waals surface area contributed by atoms with E-state index >= 15 is 0 Å². The van der Waals surface area contributed by atoms with Gasteiger partial charge in [0.05, 0.1) is 31.9 Å². The quantitative estimate of drug-likeness (QED) is 0.917. The molecule has 2 aromatic rings. The van der Waals surface area contributed by atoms with Crippen LogP contribution in [0, 0.1) is 0 Å². The summed E-state index contributed by atoms with van der Waals surface area (Å²) in [6, 6.07) is 14.9. The van der Waals surface area contributed by atoms with Gasteiger partial charge in [0.15, 0.2) is 0 Å². The lowest BCUT2D eigenvalue weighted by atomic mass is 9.98. The zero-order chi connectivity index (χ0) is 16.9. The lowest BCUT2D eigenvalue weighted by molar-refractivity contribution is -0.119. The number of carbonyl (C=O) groups excluding carboxylic acids is 1. The smallest absolute Gasteiger partial charge is 0.230 e. The van der Waals surface area contributed by atoms with E-state index in [4.69, 9.17) is 9.47 Å². The fourth-order valence-corrected chi connectivity index (χ4v) is 2.86. The highest BCUT2D eigenvalue weighted by Crippen LogP contribution is 2.36. The van der Waals surface area contributed by atoms with E-state index in [0.29, 0.717) is 25.3 Å². The summed E-state index contributed by atoms with van der Waals surface area (Å²) in [6.45, 7) is 0.812. The number of nitrogens with zero attached hydrogens (tertiary/aromatic N) is 1. The van der Waals surface area contributed by atoms with E-state index in [1.54, 1.807) is 24.1 Å². The van der Waals surface area contributed by atoms with E-state index in [1.165, 1.54) is 0 Å². The van der Waals surface area contributed by atoms with E-state index in [0.717, 1.165) is 17.0 Å². The Bertz CT molecular complexity index is 702. The largest absolute Gasteiger partial charge is 0.497 e. The van der Waals surface area contributed by atoms with Crippen molar-refractivity contribution < 1.29 is 19.4 Å². The maximum absolute atomic E-state index is 12.6. The summed E-state index contributed by atoms with van der Waals surface area (Å²) in [5.74, 6) is 1.40. The van der Waals surface area contributed by atoms with Gasteiger partial charge in [-0.1, -0.05) is 24.3 Å². The average molecular weight is 327 g/mol. The van der Waals surface area contributed by atoms with Crippen LogP contribution < -0.4 is 14.4 Å². The molecule has 5 nitrogen and oxygen atoms in total. The van der Waals surface area contributed by atoms with E-state index in [-0.39, 0.29) is 12.3 Å². The molecule has 126 valence electrons. The Kier molecular flexibility index (Phi) is 5.01. The molecule has 1 aliphatic heterocycles. The summed E-state index contributed by atoms with van der Waals surface area (Å²) in [6.07, 6.45) is 0.266. The summed E-state index contributed by atoms with van der Waals surface area (Å²) in [5, 5.41) is 10.1. The molecule has 0 spiro atoms. The third-order valence-corrected chi connectivity index (χ3v) is 4.14. The number of benzene rings is 2. The van der Waals surface area contributed by atoms with E-state index in [9.17, 15) is 9.90 Å². The molecule has 0 bridgehead atoms. The SMILES string of the molecule is COc1ccc2c(c1)N(C(=O)CCOc1ccccc1)CCC2O. The normalized spacial score (nSPS) is 16.4. The van der Waals surface area contributed by atoms with Gasteiger partial charge in [-0.2, -0.15) is 0 Å². The maximum atomic E-state index is 12.6. The van der Waals surface area contributed by atoms with Crippen LogP contribution in [0.4, 0.5) is 5.69 Å². The molecule has 1 aliphatic rings. The number of methoxy groups -OCH3 is 1. The molecule has 0 aliphatic carbocycles. The summed E-state index contributed by atoms with van der Waals surface area (Å²) in [7, 11) is 1.58. The fourth-order valence-electron chi connectivity index (χ4n) is 2.86. The van der Waals surface area contributed by atoms with Crippen LogP contribution in [0.25, 0.3) is 0 Å². The Balaban J connectivity index is 1.68. The van der Waals surface area contributed by atoms with Gasteiger partial charge in [0.25, 0.3) is 0 Å². The number of hydrogen-bond donors (Lipinski definition) is 1. The predicted octanol–water partition coefficient (Wildman–Crippen LogP) is 2.93. The Morgan fingerprint density at radius 2 is 2.00 bits per heavy atom. The van der Waals surface area contributed by atoms with Crippen LogP contribution in [0.15, 0.2) is 48.5 Å². The van der Waals surface area contributed by atoms with E-state index in [2.05, 4.69) is 0 Å². The topological polar surface area (TPSA) is 59.0 Å². The molecule has 0 fully saturated rings. The zero-order valence-electron chi connectivity index (χ0n) is 13.6. The van der Waals surface area contributed by atoms with Crippen molar-refractivity contribution in [3.8, 4) is 11.5 Å². The molecule has 0 aromatic heterocycles. The molecule has 0 radical (unpaired) electrons. The Labute approximate surface area is 141 Å². The third kappa shape index (κ3) is 3.51. The van der Waals surface area contributed by atoms with Gasteiger partial charge in [-0.15, -0.1) is 0 Å².